The van der Waals surface area contributed by atoms with Crippen molar-refractivity contribution in [3.05, 3.63) is 120 Å². The van der Waals surface area contributed by atoms with Crippen molar-refractivity contribution in [2.75, 3.05) is 12.4 Å². The highest BCUT2D eigenvalue weighted by atomic mass is 32.2. The maximum atomic E-state index is 13.3. The second-order valence-corrected chi connectivity index (χ2v) is 12.0. The number of carbonyl (C=O) groups is 1. The van der Waals surface area contributed by atoms with Gasteiger partial charge in [0.15, 0.2) is 0 Å². The number of nitrogens with one attached hydrogen (secondary N) is 1. The lowest BCUT2D eigenvalue weighted by atomic mass is 10.0. The molecule has 0 aromatic heterocycles. The molecule has 12 heteroatoms. The number of carboxylic acid groups (broad SMARTS) is 1. The van der Waals surface area contributed by atoms with E-state index >= 15 is 0 Å². The number of rotatable bonds is 12. The van der Waals surface area contributed by atoms with Crippen LogP contribution >= 0.6 is 11.8 Å². The first-order valence-electron chi connectivity index (χ1n) is 12.5. The minimum atomic E-state index is -4.48. The Morgan fingerprint density at radius 1 is 0.857 bits per heavy atom. The van der Waals surface area contributed by atoms with Crippen LogP contribution in [-0.2, 0) is 21.0 Å². The van der Waals surface area contributed by atoms with Crippen molar-refractivity contribution in [3.8, 4) is 16.9 Å². The molecule has 4 aromatic carbocycles. The Hall–Kier alpha value is -3.87. The van der Waals surface area contributed by atoms with E-state index in [1.807, 2.05) is 0 Å². The van der Waals surface area contributed by atoms with Gasteiger partial charge in [-0.2, -0.15) is 17.9 Å². The van der Waals surface area contributed by atoms with Gasteiger partial charge in [-0.3, -0.25) is 4.79 Å². The zero-order valence-corrected chi connectivity index (χ0v) is 23.4. The number of ether oxygens (including phenoxy) is 1. The van der Waals surface area contributed by atoms with Crippen molar-refractivity contribution >= 4 is 27.8 Å². The molecule has 0 spiro atoms. The topological polar surface area (TPSA) is 92.7 Å². The summed E-state index contributed by atoms with van der Waals surface area (Å²) in [6, 6.07) is 22.3. The second-order valence-electron chi connectivity index (χ2n) is 9.04. The number of thioether (sulfide) groups is 1. The van der Waals surface area contributed by atoms with Crippen LogP contribution in [0.4, 0.5) is 17.6 Å². The highest BCUT2D eigenvalue weighted by Gasteiger charge is 2.34. The summed E-state index contributed by atoms with van der Waals surface area (Å²) >= 11 is 1.18. The van der Waals surface area contributed by atoms with E-state index in [1.165, 1.54) is 72.4 Å². The highest BCUT2D eigenvalue weighted by molar-refractivity contribution is 7.99. The normalized spacial score (nSPS) is 13.3. The maximum Gasteiger partial charge on any atom is 0.416 e. The molecule has 2 N–H and O–H groups in total. The SMILES string of the molecule is O=C(O)[C@H](NS(=O)(=O)c1ccc(-c2ccc(C(F)(F)F)cc2)cc1)[C@H](SCCOc1ccc(F)cc1)c1ccccc1. The molecule has 4 aromatic rings. The summed E-state index contributed by atoms with van der Waals surface area (Å²) < 4.78 is 86.2. The summed E-state index contributed by atoms with van der Waals surface area (Å²) in [7, 11) is -4.32. The van der Waals surface area contributed by atoms with Gasteiger partial charge in [0.2, 0.25) is 10.0 Å². The van der Waals surface area contributed by atoms with Gasteiger partial charge in [-0.05, 0) is 65.2 Å². The van der Waals surface area contributed by atoms with Gasteiger partial charge in [0, 0.05) is 5.75 Å². The van der Waals surface area contributed by atoms with Crippen molar-refractivity contribution in [1.82, 2.24) is 4.72 Å². The van der Waals surface area contributed by atoms with Crippen molar-refractivity contribution < 1.29 is 40.6 Å². The van der Waals surface area contributed by atoms with Gasteiger partial charge >= 0.3 is 12.1 Å². The summed E-state index contributed by atoms with van der Waals surface area (Å²) in [6.45, 7) is 0.157. The molecule has 0 saturated heterocycles. The zero-order valence-electron chi connectivity index (χ0n) is 21.8. The minimum Gasteiger partial charge on any atom is -0.493 e. The number of carboxylic acids is 1. The standard InChI is InChI=1S/C30H25F4NO5S2/c31-24-12-14-25(15-13-24)40-18-19-41-28(22-4-2-1-3-5-22)27(29(36)37)35-42(38,39)26-16-8-21(9-17-26)20-6-10-23(11-7-20)30(32,33)34/h1-17,27-28,35H,18-19H2,(H,36,37)/t27-,28-/m1/s1. The largest absolute Gasteiger partial charge is 0.493 e. The number of sulfonamides is 1. The fourth-order valence-corrected chi connectivity index (χ4v) is 6.50. The molecular weight excluding hydrogens is 594 g/mol. The van der Waals surface area contributed by atoms with E-state index in [-0.39, 0.29) is 11.5 Å². The molecule has 0 fully saturated rings. The van der Waals surface area contributed by atoms with Gasteiger partial charge < -0.3 is 9.84 Å². The Morgan fingerprint density at radius 3 is 1.98 bits per heavy atom. The van der Waals surface area contributed by atoms with Crippen LogP contribution in [0.1, 0.15) is 16.4 Å². The van der Waals surface area contributed by atoms with Crippen LogP contribution in [0.5, 0.6) is 5.75 Å². The molecule has 0 aliphatic rings. The van der Waals surface area contributed by atoms with E-state index in [4.69, 9.17) is 4.74 Å². The van der Waals surface area contributed by atoms with Crippen LogP contribution in [0, 0.1) is 5.82 Å². The fraction of sp³-hybridized carbons (Fsp3) is 0.167. The molecule has 0 bridgehead atoms. The number of alkyl halides is 3. The Morgan fingerprint density at radius 2 is 1.43 bits per heavy atom. The number of halogens is 4. The molecule has 0 radical (unpaired) electrons. The molecule has 0 unspecified atom stereocenters. The molecule has 6 nitrogen and oxygen atoms in total. The summed E-state index contributed by atoms with van der Waals surface area (Å²) in [5.74, 6) is -1.07. The van der Waals surface area contributed by atoms with Gasteiger partial charge in [0.05, 0.1) is 22.3 Å². The van der Waals surface area contributed by atoms with Gasteiger partial charge in [-0.1, -0.05) is 54.6 Å². The third-order valence-electron chi connectivity index (χ3n) is 6.15. The van der Waals surface area contributed by atoms with E-state index in [0.29, 0.717) is 28.2 Å². The van der Waals surface area contributed by atoms with E-state index in [1.54, 1.807) is 30.3 Å². The molecular formula is C30H25F4NO5S2. The predicted octanol–water partition coefficient (Wildman–Crippen LogP) is 6.80. The van der Waals surface area contributed by atoms with E-state index in [2.05, 4.69) is 4.72 Å². The van der Waals surface area contributed by atoms with Crippen LogP contribution in [-0.4, -0.2) is 37.9 Å². The number of aliphatic carboxylic acids is 1. The zero-order chi connectivity index (χ0) is 30.3. The van der Waals surface area contributed by atoms with E-state index < -0.39 is 44.8 Å². The van der Waals surface area contributed by atoms with Gasteiger partial charge in [0.1, 0.15) is 17.6 Å². The average molecular weight is 620 g/mol. The third-order valence-corrected chi connectivity index (χ3v) is 8.92. The van der Waals surface area contributed by atoms with Crippen molar-refractivity contribution in [3.63, 3.8) is 0 Å². The van der Waals surface area contributed by atoms with Crippen LogP contribution in [0.25, 0.3) is 11.1 Å². The summed E-state index contributed by atoms with van der Waals surface area (Å²) in [6.07, 6.45) is -4.48. The molecule has 0 aliphatic heterocycles. The minimum absolute atomic E-state index is 0.157. The lowest BCUT2D eigenvalue weighted by Gasteiger charge is -2.25. The average Bonchev–Trinajstić information content (AvgIpc) is 2.97. The van der Waals surface area contributed by atoms with Crippen LogP contribution in [0.2, 0.25) is 0 Å². The van der Waals surface area contributed by atoms with Crippen LogP contribution in [0.15, 0.2) is 108 Å². The molecule has 4 rings (SSSR count). The molecule has 0 amide bonds. The molecule has 0 saturated carbocycles. The summed E-state index contributed by atoms with van der Waals surface area (Å²) in [4.78, 5) is 12.2. The maximum absolute atomic E-state index is 13.3. The molecule has 42 heavy (non-hydrogen) atoms. The molecule has 220 valence electrons. The third kappa shape index (κ3) is 8.11. The smallest absolute Gasteiger partial charge is 0.416 e. The number of hydrogen-bond donors (Lipinski definition) is 2. The van der Waals surface area contributed by atoms with Crippen molar-refractivity contribution in [1.29, 1.82) is 0 Å². The first-order valence-corrected chi connectivity index (χ1v) is 15.0. The Bertz CT molecular complexity index is 1580. The molecule has 0 heterocycles. The molecule has 2 atom stereocenters. The van der Waals surface area contributed by atoms with Crippen molar-refractivity contribution in [2.45, 2.75) is 22.4 Å². The van der Waals surface area contributed by atoms with E-state index in [0.717, 1.165) is 12.1 Å². The lowest BCUT2D eigenvalue weighted by Crippen LogP contribution is -2.44. The molecule has 0 aliphatic carbocycles. The summed E-state index contributed by atoms with van der Waals surface area (Å²) in [5, 5.41) is 9.23. The number of hydrogen-bond acceptors (Lipinski definition) is 5. The monoisotopic (exact) mass is 619 g/mol. The van der Waals surface area contributed by atoms with Crippen LogP contribution in [0.3, 0.4) is 0 Å². The first-order chi connectivity index (χ1) is 19.9. The van der Waals surface area contributed by atoms with Crippen molar-refractivity contribution in [2.24, 2.45) is 0 Å². The van der Waals surface area contributed by atoms with Crippen LogP contribution < -0.4 is 9.46 Å². The first kappa shape index (κ1) is 31.1. The number of benzene rings is 4. The van der Waals surface area contributed by atoms with Gasteiger partial charge in [-0.15, -0.1) is 11.8 Å². The fourth-order valence-electron chi connectivity index (χ4n) is 4.05. The Kier molecular flexibility index (Phi) is 9.92. The van der Waals surface area contributed by atoms with Gasteiger partial charge in [0.25, 0.3) is 0 Å². The second kappa shape index (κ2) is 13.4. The summed E-state index contributed by atoms with van der Waals surface area (Å²) in [5.41, 5.74) is 0.710. The van der Waals surface area contributed by atoms with Gasteiger partial charge in [-0.25, -0.2) is 12.8 Å². The predicted molar refractivity (Wildman–Crippen MR) is 152 cm³/mol. The Balaban J connectivity index is 1.50. The quantitative estimate of drug-likeness (QED) is 0.134. The van der Waals surface area contributed by atoms with E-state index in [9.17, 15) is 35.9 Å². The Labute approximate surface area is 244 Å². The highest BCUT2D eigenvalue weighted by Crippen LogP contribution is 2.34. The lowest BCUT2D eigenvalue weighted by molar-refractivity contribution is -0.139.